The maximum Gasteiger partial charge on any atom is 0.265 e. The summed E-state index contributed by atoms with van der Waals surface area (Å²) in [6.45, 7) is 1.87. The topological polar surface area (TPSA) is 76.4 Å². The number of aryl methyl sites for hydroxylation is 1. The smallest absolute Gasteiger partial charge is 0.265 e. The molecule has 3 rings (SSSR count). The lowest BCUT2D eigenvalue weighted by Crippen LogP contribution is -2.14. The van der Waals surface area contributed by atoms with Crippen molar-refractivity contribution in [2.75, 3.05) is 4.72 Å². The van der Waals surface area contributed by atoms with E-state index in [1.807, 2.05) is 6.92 Å². The molecule has 9 heteroatoms. The van der Waals surface area contributed by atoms with Crippen LogP contribution in [-0.2, 0) is 16.4 Å². The molecule has 2 heterocycles. The molecule has 0 aliphatic heterocycles. The molecule has 2 aromatic heterocycles. The summed E-state index contributed by atoms with van der Waals surface area (Å²) in [6.07, 6.45) is 2.24. The van der Waals surface area contributed by atoms with E-state index in [4.69, 9.17) is 0 Å². The normalized spacial score (nSPS) is 11.8. The van der Waals surface area contributed by atoms with Crippen LogP contribution >= 0.6 is 0 Å². The van der Waals surface area contributed by atoms with Crippen molar-refractivity contribution < 1.29 is 17.2 Å². The Morgan fingerprint density at radius 3 is 2.65 bits per heavy atom. The second kappa shape index (κ2) is 5.58. The van der Waals surface area contributed by atoms with Crippen LogP contribution in [0.3, 0.4) is 0 Å². The molecule has 1 N–H and O–H groups in total. The summed E-state index contributed by atoms with van der Waals surface area (Å²) in [5.41, 5.74) is 0.0839. The van der Waals surface area contributed by atoms with Crippen LogP contribution < -0.4 is 4.72 Å². The molecule has 0 saturated heterocycles. The zero-order chi connectivity index (χ0) is 16.6. The first-order valence-corrected chi connectivity index (χ1v) is 8.21. The quantitative estimate of drug-likeness (QED) is 0.792. The van der Waals surface area contributed by atoms with Gasteiger partial charge in [0.15, 0.2) is 17.3 Å². The number of aromatic nitrogens is 3. The Balaban J connectivity index is 2.06. The zero-order valence-corrected chi connectivity index (χ0v) is 12.8. The van der Waals surface area contributed by atoms with Gasteiger partial charge in [0.2, 0.25) is 0 Å². The third-order valence-electron chi connectivity index (χ3n) is 3.25. The maximum absolute atomic E-state index is 13.2. The first-order chi connectivity index (χ1) is 10.9. The molecule has 0 aliphatic rings. The van der Waals surface area contributed by atoms with Crippen molar-refractivity contribution in [3.63, 3.8) is 0 Å². The lowest BCUT2D eigenvalue weighted by atomic mass is 10.3. The molecule has 0 aliphatic carbocycles. The first kappa shape index (κ1) is 15.3. The summed E-state index contributed by atoms with van der Waals surface area (Å²) in [5, 5.41) is 7.82. The lowest BCUT2D eigenvalue weighted by molar-refractivity contribution is 0.509. The summed E-state index contributed by atoms with van der Waals surface area (Å²) in [4.78, 5) is -0.100. The first-order valence-electron chi connectivity index (χ1n) is 6.73. The minimum absolute atomic E-state index is 0.0823. The van der Waals surface area contributed by atoms with Gasteiger partial charge in [-0.05, 0) is 24.3 Å². The molecule has 0 saturated carbocycles. The molecule has 6 nitrogen and oxygen atoms in total. The van der Waals surface area contributed by atoms with Gasteiger partial charge in [0, 0.05) is 18.7 Å². The summed E-state index contributed by atoms with van der Waals surface area (Å²) in [5.74, 6) is -1.58. The van der Waals surface area contributed by atoms with Crippen LogP contribution in [-0.4, -0.2) is 23.0 Å². The van der Waals surface area contributed by atoms with Crippen molar-refractivity contribution in [3.8, 4) is 0 Å². The molecule has 120 valence electrons. The van der Waals surface area contributed by atoms with Gasteiger partial charge >= 0.3 is 0 Å². The van der Waals surface area contributed by atoms with Crippen molar-refractivity contribution >= 4 is 21.4 Å². The van der Waals surface area contributed by atoms with E-state index in [0.29, 0.717) is 12.2 Å². The average molecular weight is 338 g/mol. The fourth-order valence-electron chi connectivity index (χ4n) is 2.16. The van der Waals surface area contributed by atoms with Gasteiger partial charge in [-0.1, -0.05) is 6.92 Å². The average Bonchev–Trinajstić information content (AvgIpc) is 2.93. The van der Waals surface area contributed by atoms with Crippen molar-refractivity contribution in [2.24, 2.45) is 0 Å². The van der Waals surface area contributed by atoms with Gasteiger partial charge in [-0.15, -0.1) is 10.2 Å². The van der Waals surface area contributed by atoms with Gasteiger partial charge in [0.25, 0.3) is 10.0 Å². The highest BCUT2D eigenvalue weighted by Gasteiger charge is 2.21. The molecule has 0 radical (unpaired) electrons. The van der Waals surface area contributed by atoms with Crippen molar-refractivity contribution in [1.82, 2.24) is 14.6 Å². The van der Waals surface area contributed by atoms with Crippen molar-refractivity contribution in [3.05, 3.63) is 54.0 Å². The maximum atomic E-state index is 13.2. The van der Waals surface area contributed by atoms with Gasteiger partial charge in [0.1, 0.15) is 10.7 Å². The predicted molar refractivity (Wildman–Crippen MR) is 79.5 cm³/mol. The Kier molecular flexibility index (Phi) is 3.72. The molecule has 3 aromatic rings. The van der Waals surface area contributed by atoms with E-state index in [1.165, 1.54) is 6.07 Å². The number of pyridine rings is 1. The summed E-state index contributed by atoms with van der Waals surface area (Å²) < 4.78 is 54.9. The van der Waals surface area contributed by atoms with Crippen LogP contribution in [0.5, 0.6) is 0 Å². The number of hydrogen-bond acceptors (Lipinski definition) is 4. The Hall–Kier alpha value is -2.55. The van der Waals surface area contributed by atoms with E-state index in [9.17, 15) is 17.2 Å². The van der Waals surface area contributed by atoms with Gasteiger partial charge in [-0.25, -0.2) is 17.2 Å². The minimum Gasteiger partial charge on any atom is -0.285 e. The molecule has 0 bridgehead atoms. The number of fused-ring (bicyclic) bond motifs is 1. The Morgan fingerprint density at radius 1 is 1.17 bits per heavy atom. The van der Waals surface area contributed by atoms with E-state index in [1.54, 1.807) is 16.7 Å². The fraction of sp³-hybridized carbons (Fsp3) is 0.143. The van der Waals surface area contributed by atoms with Gasteiger partial charge in [0.05, 0.1) is 5.69 Å². The second-order valence-electron chi connectivity index (χ2n) is 4.77. The van der Waals surface area contributed by atoms with Crippen molar-refractivity contribution in [2.45, 2.75) is 18.2 Å². The molecule has 0 amide bonds. The van der Waals surface area contributed by atoms with Gasteiger partial charge in [-0.2, -0.15) is 0 Å². The summed E-state index contributed by atoms with van der Waals surface area (Å²) >= 11 is 0. The highest BCUT2D eigenvalue weighted by molar-refractivity contribution is 7.93. The molecule has 0 fully saturated rings. The zero-order valence-electron chi connectivity index (χ0n) is 12.0. The number of sulfonamides is 1. The van der Waals surface area contributed by atoms with E-state index < -0.39 is 21.7 Å². The number of nitrogens with one attached hydrogen (secondary N) is 1. The van der Waals surface area contributed by atoms with Gasteiger partial charge in [-0.3, -0.25) is 9.12 Å². The Morgan fingerprint density at radius 2 is 1.96 bits per heavy atom. The standard InChI is InChI=1S/C14H12F2N4O2S/c1-2-13-17-18-14-12(4-3-7-20(13)14)23(21,22)19-9-5-6-10(15)11(16)8-9/h3-8,19H,2H2,1H3. The van der Waals surface area contributed by atoms with E-state index in [0.717, 1.165) is 18.2 Å². The Labute approximate surface area is 130 Å². The number of nitrogens with zero attached hydrogens (tertiary/aromatic N) is 3. The van der Waals surface area contributed by atoms with Crippen LogP contribution in [0.4, 0.5) is 14.5 Å². The van der Waals surface area contributed by atoms with Crippen LogP contribution in [0.15, 0.2) is 41.4 Å². The SMILES string of the molecule is CCc1nnc2c(S(=O)(=O)Nc3ccc(F)c(F)c3)cccn12. The highest BCUT2D eigenvalue weighted by atomic mass is 32.2. The number of anilines is 1. The molecule has 23 heavy (non-hydrogen) atoms. The fourth-order valence-corrected chi connectivity index (χ4v) is 3.34. The van der Waals surface area contributed by atoms with Crippen LogP contribution in [0.1, 0.15) is 12.7 Å². The molecule has 0 unspecified atom stereocenters. The van der Waals surface area contributed by atoms with Gasteiger partial charge < -0.3 is 0 Å². The second-order valence-corrected chi connectivity index (χ2v) is 6.42. The van der Waals surface area contributed by atoms with Crippen LogP contribution in [0.2, 0.25) is 0 Å². The summed E-state index contributed by atoms with van der Waals surface area (Å²) in [7, 11) is -4.03. The molecule has 0 atom stereocenters. The number of halogens is 2. The predicted octanol–water partition coefficient (Wildman–Crippen LogP) is 2.37. The molecule has 0 spiro atoms. The summed E-state index contributed by atoms with van der Waals surface area (Å²) in [6, 6.07) is 5.67. The van der Waals surface area contributed by atoms with Crippen molar-refractivity contribution in [1.29, 1.82) is 0 Å². The third-order valence-corrected chi connectivity index (χ3v) is 4.65. The van der Waals surface area contributed by atoms with E-state index in [-0.39, 0.29) is 16.2 Å². The Bertz CT molecular complexity index is 986. The number of rotatable bonds is 4. The minimum atomic E-state index is -4.03. The van der Waals surface area contributed by atoms with Crippen LogP contribution in [0, 0.1) is 11.6 Å². The molecular weight excluding hydrogens is 326 g/mol. The monoisotopic (exact) mass is 338 g/mol. The van der Waals surface area contributed by atoms with E-state index >= 15 is 0 Å². The largest absolute Gasteiger partial charge is 0.285 e. The van der Waals surface area contributed by atoms with E-state index in [2.05, 4.69) is 14.9 Å². The molecule has 1 aromatic carbocycles. The third kappa shape index (κ3) is 2.74. The number of hydrogen-bond donors (Lipinski definition) is 1. The molecular formula is C14H12F2N4O2S. The number of benzene rings is 1. The van der Waals surface area contributed by atoms with Crippen LogP contribution in [0.25, 0.3) is 5.65 Å². The lowest BCUT2D eigenvalue weighted by Gasteiger charge is -2.09. The highest BCUT2D eigenvalue weighted by Crippen LogP contribution is 2.21.